The zero-order valence-corrected chi connectivity index (χ0v) is 24.3. The summed E-state index contributed by atoms with van der Waals surface area (Å²) < 4.78 is 6.47. The molecule has 6 rings (SSSR count). The molecule has 2 saturated heterocycles. The van der Waals surface area contributed by atoms with Gasteiger partial charge in [-0.3, -0.25) is 4.79 Å². The monoisotopic (exact) mass is 544 g/mol. The van der Waals surface area contributed by atoms with Crippen LogP contribution in [0.25, 0.3) is 10.2 Å². The van der Waals surface area contributed by atoms with Crippen LogP contribution < -0.4 is 4.90 Å². The summed E-state index contributed by atoms with van der Waals surface area (Å²) in [6.07, 6.45) is 4.05. The summed E-state index contributed by atoms with van der Waals surface area (Å²) in [6, 6.07) is 10.4. The summed E-state index contributed by atoms with van der Waals surface area (Å²) >= 11 is 1.39. The van der Waals surface area contributed by atoms with E-state index in [1.807, 2.05) is 37.8 Å². The van der Waals surface area contributed by atoms with E-state index in [1.54, 1.807) is 0 Å². The van der Waals surface area contributed by atoms with Crippen LogP contribution in [0.2, 0.25) is 0 Å². The lowest BCUT2D eigenvalue weighted by Crippen LogP contribution is -2.49. The van der Waals surface area contributed by atoms with Crippen LogP contribution >= 0.6 is 11.3 Å². The Morgan fingerprint density at radius 2 is 1.74 bits per heavy atom. The van der Waals surface area contributed by atoms with Gasteiger partial charge in [-0.15, -0.1) is 11.3 Å². The van der Waals surface area contributed by atoms with Gasteiger partial charge < -0.3 is 19.5 Å². The number of aromatic amines is 1. The maximum absolute atomic E-state index is 13.7. The van der Waals surface area contributed by atoms with Crippen molar-refractivity contribution in [3.05, 3.63) is 51.5 Å². The highest BCUT2D eigenvalue weighted by Gasteiger charge is 2.42. The number of H-pyrrole nitrogens is 1. The van der Waals surface area contributed by atoms with E-state index < -0.39 is 5.60 Å². The summed E-state index contributed by atoms with van der Waals surface area (Å²) in [6.45, 7) is 13.6. The second-order valence-electron chi connectivity index (χ2n) is 13.0. The highest BCUT2D eigenvalue weighted by Crippen LogP contribution is 2.47. The fourth-order valence-corrected chi connectivity index (χ4v) is 7.62. The number of ether oxygens (including phenoxy) is 1. The third-order valence-electron chi connectivity index (χ3n) is 9.02. The minimum atomic E-state index is -0.467. The van der Waals surface area contributed by atoms with Gasteiger partial charge in [0.1, 0.15) is 16.5 Å². The highest BCUT2D eigenvalue weighted by molar-refractivity contribution is 7.20. The predicted octanol–water partition coefficient (Wildman–Crippen LogP) is 6.59. The average molecular weight is 545 g/mol. The minimum Gasteiger partial charge on any atom is -0.444 e. The lowest BCUT2D eigenvalue weighted by molar-refractivity contribution is 0.00665. The third kappa shape index (κ3) is 4.31. The molecule has 2 aromatic heterocycles. The number of anilines is 1. The SMILES string of the molecule is CC(C)(C)OC(=O)N1CCC2(CC1)CCN(c1ccc3c(c1)C(C)(C)c1[nH]c4cc(C#N)sc4c1C3=O)CC2. The molecule has 2 aliphatic heterocycles. The van der Waals surface area contributed by atoms with E-state index in [0.717, 1.165) is 84.5 Å². The molecule has 0 radical (unpaired) electrons. The van der Waals surface area contributed by atoms with Crippen molar-refractivity contribution in [1.29, 1.82) is 5.26 Å². The van der Waals surface area contributed by atoms with E-state index in [-0.39, 0.29) is 22.7 Å². The van der Waals surface area contributed by atoms with Gasteiger partial charge in [0, 0.05) is 48.5 Å². The number of rotatable bonds is 1. The fraction of sp³-hybridized carbons (Fsp3) is 0.516. The molecule has 8 heteroatoms. The van der Waals surface area contributed by atoms with Crippen LogP contribution in [0, 0.1) is 16.7 Å². The molecule has 1 spiro atoms. The zero-order chi connectivity index (χ0) is 27.7. The molecule has 204 valence electrons. The largest absolute Gasteiger partial charge is 0.444 e. The van der Waals surface area contributed by atoms with Crippen LogP contribution in [-0.2, 0) is 10.2 Å². The topological polar surface area (TPSA) is 89.4 Å². The first kappa shape index (κ1) is 25.9. The van der Waals surface area contributed by atoms with Crippen molar-refractivity contribution in [3.8, 4) is 6.07 Å². The predicted molar refractivity (Wildman–Crippen MR) is 154 cm³/mol. The van der Waals surface area contributed by atoms with Gasteiger partial charge in [-0.2, -0.15) is 5.26 Å². The molecular formula is C31H36N4O3S. The number of amides is 1. The molecule has 0 atom stereocenters. The maximum atomic E-state index is 13.7. The molecule has 39 heavy (non-hydrogen) atoms. The molecule has 0 bridgehead atoms. The third-order valence-corrected chi connectivity index (χ3v) is 10.1. The van der Waals surface area contributed by atoms with Gasteiger partial charge in [-0.05, 0) is 81.7 Å². The van der Waals surface area contributed by atoms with Gasteiger partial charge in [0.05, 0.1) is 15.8 Å². The number of piperidine rings is 2. The number of hydrogen-bond acceptors (Lipinski definition) is 6. The number of nitrogens with one attached hydrogen (secondary N) is 1. The van der Waals surface area contributed by atoms with Crippen LogP contribution in [-0.4, -0.2) is 53.5 Å². The average Bonchev–Trinajstić information content (AvgIpc) is 3.46. The molecule has 1 N–H and O–H groups in total. The molecule has 1 amide bonds. The molecule has 7 nitrogen and oxygen atoms in total. The number of likely N-dealkylation sites (tertiary alicyclic amines) is 1. The lowest BCUT2D eigenvalue weighted by Gasteiger charge is -2.47. The summed E-state index contributed by atoms with van der Waals surface area (Å²) in [4.78, 5) is 34.6. The van der Waals surface area contributed by atoms with Gasteiger partial charge in [-0.25, -0.2) is 4.79 Å². The Balaban J connectivity index is 1.18. The summed E-state index contributed by atoms with van der Waals surface area (Å²) in [5.74, 6) is 0.0396. The Morgan fingerprint density at radius 1 is 1.08 bits per heavy atom. The normalized spacial score (nSPS) is 20.1. The van der Waals surface area contributed by atoms with Crippen LogP contribution in [0.5, 0.6) is 0 Å². The number of aromatic nitrogens is 1. The number of nitrogens with zero attached hydrogens (tertiary/aromatic N) is 3. The smallest absolute Gasteiger partial charge is 0.410 e. The Labute approximate surface area is 233 Å². The Hall–Kier alpha value is -3.31. The van der Waals surface area contributed by atoms with E-state index in [2.05, 4.69) is 41.9 Å². The number of hydrogen-bond donors (Lipinski definition) is 1. The summed E-state index contributed by atoms with van der Waals surface area (Å²) in [5.41, 5.74) is 4.97. The molecule has 0 unspecified atom stereocenters. The Morgan fingerprint density at radius 3 is 2.38 bits per heavy atom. The zero-order valence-electron chi connectivity index (χ0n) is 23.4. The van der Waals surface area contributed by atoms with E-state index in [1.165, 1.54) is 17.0 Å². The lowest BCUT2D eigenvalue weighted by atomic mass is 9.70. The molecule has 1 aromatic carbocycles. The first-order valence-electron chi connectivity index (χ1n) is 13.9. The van der Waals surface area contributed by atoms with Crippen LogP contribution in [0.15, 0.2) is 24.3 Å². The quantitative estimate of drug-likeness (QED) is 0.373. The number of thiophene rings is 1. The maximum Gasteiger partial charge on any atom is 0.410 e. The van der Waals surface area contributed by atoms with E-state index in [4.69, 9.17) is 4.74 Å². The molecule has 4 heterocycles. The van der Waals surface area contributed by atoms with E-state index in [9.17, 15) is 14.9 Å². The molecule has 1 aliphatic carbocycles. The number of carbonyl (C=O) groups is 2. The second kappa shape index (κ2) is 8.85. The van der Waals surface area contributed by atoms with Crippen molar-refractivity contribution in [1.82, 2.24) is 9.88 Å². The molecule has 0 saturated carbocycles. The van der Waals surface area contributed by atoms with Gasteiger partial charge in [-0.1, -0.05) is 13.8 Å². The van der Waals surface area contributed by atoms with Crippen molar-refractivity contribution in [3.63, 3.8) is 0 Å². The van der Waals surface area contributed by atoms with Crippen molar-refractivity contribution in [2.24, 2.45) is 5.41 Å². The van der Waals surface area contributed by atoms with E-state index in [0.29, 0.717) is 4.88 Å². The summed E-state index contributed by atoms with van der Waals surface area (Å²) in [5, 5.41) is 9.33. The van der Waals surface area contributed by atoms with Gasteiger partial charge >= 0.3 is 6.09 Å². The Kier molecular flexibility index (Phi) is 5.89. The second-order valence-corrected chi connectivity index (χ2v) is 14.0. The first-order valence-corrected chi connectivity index (χ1v) is 14.7. The Bertz CT molecular complexity index is 1520. The van der Waals surface area contributed by atoms with Crippen LogP contribution in [0.3, 0.4) is 0 Å². The molecular weight excluding hydrogens is 508 g/mol. The molecule has 3 aliphatic rings. The molecule has 2 fully saturated rings. The van der Waals surface area contributed by atoms with Crippen LogP contribution in [0.4, 0.5) is 10.5 Å². The van der Waals surface area contributed by atoms with Crippen LogP contribution in [0.1, 0.15) is 92.4 Å². The summed E-state index contributed by atoms with van der Waals surface area (Å²) in [7, 11) is 0. The first-order chi connectivity index (χ1) is 18.4. The van der Waals surface area contributed by atoms with Crippen molar-refractivity contribution in [2.45, 2.75) is 71.3 Å². The van der Waals surface area contributed by atoms with Crippen molar-refractivity contribution < 1.29 is 14.3 Å². The number of carbonyl (C=O) groups excluding carboxylic acids is 2. The number of nitriles is 1. The number of benzene rings is 1. The van der Waals surface area contributed by atoms with Gasteiger partial charge in [0.15, 0.2) is 5.78 Å². The number of fused-ring (bicyclic) bond motifs is 4. The van der Waals surface area contributed by atoms with Crippen molar-refractivity contribution in [2.75, 3.05) is 31.1 Å². The highest BCUT2D eigenvalue weighted by atomic mass is 32.1. The molecule has 3 aromatic rings. The fourth-order valence-electron chi connectivity index (χ4n) is 6.66. The van der Waals surface area contributed by atoms with Gasteiger partial charge in [0.2, 0.25) is 0 Å². The van der Waals surface area contributed by atoms with E-state index >= 15 is 0 Å². The number of ketones is 1. The van der Waals surface area contributed by atoms with Gasteiger partial charge in [0.25, 0.3) is 0 Å². The standard InChI is InChI=1S/C31H36N4O3S/c1-29(2,3)38-28(37)35-14-10-31(11-15-35)8-12-34(13-9-31)19-6-7-21-22(16-19)30(4,5)27-24(25(21)36)26-23(33-27)17-20(18-32)39-26/h6-7,16-17,33H,8-15H2,1-5H3. The minimum absolute atomic E-state index is 0.0396. The van der Waals surface area contributed by atoms with Crippen molar-refractivity contribution >= 4 is 39.1 Å².